The van der Waals surface area contributed by atoms with Gasteiger partial charge < -0.3 is 14.7 Å². The highest BCUT2D eigenvalue weighted by atomic mass is 32.2. The third-order valence-corrected chi connectivity index (χ3v) is 4.55. The van der Waals surface area contributed by atoms with Crippen molar-refractivity contribution >= 4 is 33.7 Å². The molecule has 26 heavy (non-hydrogen) atoms. The van der Waals surface area contributed by atoms with E-state index in [-0.39, 0.29) is 15.7 Å². The Balaban J connectivity index is 2.59. The highest BCUT2D eigenvalue weighted by molar-refractivity contribution is 8.13. The Bertz CT molecular complexity index is 869. The van der Waals surface area contributed by atoms with Crippen LogP contribution in [0, 0.1) is 5.82 Å². The van der Waals surface area contributed by atoms with E-state index in [1.807, 2.05) is 0 Å². The predicted molar refractivity (Wildman–Crippen MR) is 87.0 cm³/mol. The Morgan fingerprint density at radius 3 is 2.35 bits per heavy atom. The minimum absolute atomic E-state index is 0.125. The van der Waals surface area contributed by atoms with Gasteiger partial charge in [-0.3, -0.25) is 9.59 Å². The Labute approximate surface area is 149 Å². The highest BCUT2D eigenvalue weighted by Gasteiger charge is 2.37. The number of likely N-dealkylation sites (N-methyl/N-ethyl adjacent to an activating group) is 1. The van der Waals surface area contributed by atoms with Gasteiger partial charge in [0.1, 0.15) is 23.7 Å². The van der Waals surface area contributed by atoms with Crippen molar-refractivity contribution in [3.05, 3.63) is 35.6 Å². The molecule has 0 bridgehead atoms. The number of nitrogens with zero attached hydrogens (tertiary/aromatic N) is 1. The summed E-state index contributed by atoms with van der Waals surface area (Å²) < 4.78 is 59.2. The molecule has 2 aromatic carbocycles. The molecule has 0 spiro atoms. The molecule has 140 valence electrons. The maximum absolute atomic E-state index is 14.2. The van der Waals surface area contributed by atoms with Crippen molar-refractivity contribution < 1.29 is 37.0 Å². The molecule has 0 fully saturated rings. The number of amides is 1. The molecule has 0 aliphatic carbocycles. The minimum Gasteiger partial charge on any atom is -0.496 e. The van der Waals surface area contributed by atoms with Crippen molar-refractivity contribution in [1.82, 2.24) is 4.90 Å². The first kappa shape index (κ1) is 19.8. The average Bonchev–Trinajstić information content (AvgIpc) is 2.54. The number of carbonyl (C=O) groups is 2. The van der Waals surface area contributed by atoms with Gasteiger partial charge in [0.05, 0.1) is 12.0 Å². The molecule has 0 aliphatic rings. The monoisotopic (exact) mass is 391 g/mol. The molecule has 1 amide bonds. The van der Waals surface area contributed by atoms with E-state index in [4.69, 9.17) is 9.84 Å². The Kier molecular flexibility index (Phi) is 5.65. The number of carboxylic acid groups (broad SMARTS) is 1. The van der Waals surface area contributed by atoms with Crippen LogP contribution < -0.4 is 4.74 Å². The van der Waals surface area contributed by atoms with Crippen LogP contribution in [0.3, 0.4) is 0 Å². The summed E-state index contributed by atoms with van der Waals surface area (Å²) in [4.78, 5) is 23.2. The summed E-state index contributed by atoms with van der Waals surface area (Å²) in [7, 11) is 2.27. The maximum Gasteiger partial charge on any atom is 0.420 e. The molecule has 0 unspecified atom stereocenters. The first-order valence-corrected chi connectivity index (χ1v) is 7.89. The fraction of sp³-hybridized carbons (Fsp3) is 0.250. The summed E-state index contributed by atoms with van der Waals surface area (Å²) in [5.74, 6) is -2.59. The lowest BCUT2D eigenvalue weighted by Crippen LogP contribution is -2.28. The van der Waals surface area contributed by atoms with Gasteiger partial charge in [-0.15, -0.1) is 0 Å². The number of carbonyl (C=O) groups excluding carboxylic acids is 1. The molecule has 5 nitrogen and oxygen atoms in total. The Morgan fingerprint density at radius 1 is 1.19 bits per heavy atom. The number of aliphatic carboxylic acids is 1. The lowest BCUT2D eigenvalue weighted by atomic mass is 10.0. The number of carboxylic acids is 1. The summed E-state index contributed by atoms with van der Waals surface area (Å²) in [5.41, 5.74) is -1.08. The summed E-state index contributed by atoms with van der Waals surface area (Å²) >= 11 is 0.323. The average molecular weight is 391 g/mol. The minimum atomic E-state index is -4.76. The fourth-order valence-corrected chi connectivity index (χ4v) is 3.18. The summed E-state index contributed by atoms with van der Waals surface area (Å²) in [6.45, 7) is -0.625. The third-order valence-electron chi connectivity index (χ3n) is 3.44. The number of halogens is 4. The molecule has 0 saturated heterocycles. The van der Waals surface area contributed by atoms with Crippen LogP contribution in [-0.4, -0.2) is 41.9 Å². The molecule has 0 heterocycles. The number of hydrogen-bond acceptors (Lipinski definition) is 4. The molecular weight excluding hydrogens is 378 g/mol. The van der Waals surface area contributed by atoms with Crippen molar-refractivity contribution in [1.29, 1.82) is 0 Å². The van der Waals surface area contributed by atoms with Crippen LogP contribution in [0.15, 0.2) is 29.2 Å². The van der Waals surface area contributed by atoms with Crippen LogP contribution in [0.1, 0.15) is 5.56 Å². The quantitative estimate of drug-likeness (QED) is 0.624. The first-order valence-electron chi connectivity index (χ1n) is 7.07. The number of fused-ring (bicyclic) bond motifs is 1. The van der Waals surface area contributed by atoms with Crippen molar-refractivity contribution in [2.24, 2.45) is 0 Å². The predicted octanol–water partition coefficient (Wildman–Crippen LogP) is 4.23. The van der Waals surface area contributed by atoms with Crippen molar-refractivity contribution in [3.8, 4) is 5.75 Å². The van der Waals surface area contributed by atoms with Gasteiger partial charge in [-0.2, -0.15) is 13.2 Å². The van der Waals surface area contributed by atoms with Crippen LogP contribution in [0.2, 0.25) is 0 Å². The van der Waals surface area contributed by atoms with Gasteiger partial charge in [-0.05, 0) is 40.7 Å². The lowest BCUT2D eigenvalue weighted by Gasteiger charge is -2.18. The first-order chi connectivity index (χ1) is 12.1. The normalized spacial score (nSPS) is 11.5. The highest BCUT2D eigenvalue weighted by Crippen LogP contribution is 2.44. The molecule has 1 N–H and O–H groups in total. The molecular formula is C16H13F4NO4S. The van der Waals surface area contributed by atoms with E-state index in [2.05, 4.69) is 0 Å². The van der Waals surface area contributed by atoms with Crippen LogP contribution in [0.25, 0.3) is 10.8 Å². The number of methoxy groups -OCH3 is 1. The van der Waals surface area contributed by atoms with Gasteiger partial charge in [-0.25, -0.2) is 4.39 Å². The van der Waals surface area contributed by atoms with Gasteiger partial charge in [0.15, 0.2) is 0 Å². The smallest absolute Gasteiger partial charge is 0.420 e. The molecule has 0 radical (unpaired) electrons. The van der Waals surface area contributed by atoms with E-state index in [0.29, 0.717) is 11.8 Å². The summed E-state index contributed by atoms with van der Waals surface area (Å²) in [5, 5.41) is 7.43. The Hall–Kier alpha value is -2.49. The lowest BCUT2D eigenvalue weighted by molar-refractivity contribution is -0.138. The maximum atomic E-state index is 14.2. The van der Waals surface area contributed by atoms with Crippen LogP contribution in [0.4, 0.5) is 22.4 Å². The van der Waals surface area contributed by atoms with Crippen molar-refractivity contribution in [2.45, 2.75) is 11.1 Å². The zero-order chi connectivity index (χ0) is 19.6. The van der Waals surface area contributed by atoms with Gasteiger partial charge in [0.25, 0.3) is 5.24 Å². The fourth-order valence-electron chi connectivity index (χ4n) is 2.33. The van der Waals surface area contributed by atoms with E-state index in [0.717, 1.165) is 30.2 Å². The van der Waals surface area contributed by atoms with Crippen LogP contribution >= 0.6 is 11.8 Å². The SMILES string of the molecule is COc1ccc2c(SC(=O)N(C)CC(=O)O)c(F)ccc2c1C(F)(F)F. The van der Waals surface area contributed by atoms with E-state index in [1.54, 1.807) is 0 Å². The number of thioether (sulfide) groups is 1. The number of alkyl halides is 3. The van der Waals surface area contributed by atoms with E-state index in [9.17, 15) is 27.2 Å². The van der Waals surface area contributed by atoms with Gasteiger partial charge in [0.2, 0.25) is 0 Å². The van der Waals surface area contributed by atoms with E-state index >= 15 is 0 Å². The standard InChI is InChI=1S/C16H13F4NO4S/c1-21(7-12(22)23)15(24)26-14-9-4-6-11(25-2)13(16(18,19)20)8(9)3-5-10(14)17/h3-6H,7H2,1-2H3,(H,22,23). The molecule has 2 aromatic rings. The molecule has 0 aliphatic heterocycles. The largest absolute Gasteiger partial charge is 0.496 e. The second kappa shape index (κ2) is 7.40. The second-order valence-electron chi connectivity index (χ2n) is 5.23. The summed E-state index contributed by atoms with van der Waals surface area (Å²) in [6.07, 6.45) is -4.76. The van der Waals surface area contributed by atoms with E-state index < -0.39 is 41.1 Å². The number of rotatable bonds is 4. The second-order valence-corrected chi connectivity index (χ2v) is 6.19. The third kappa shape index (κ3) is 4.01. The molecule has 10 heteroatoms. The topological polar surface area (TPSA) is 66.8 Å². The molecule has 0 atom stereocenters. The van der Waals surface area contributed by atoms with Gasteiger partial charge >= 0.3 is 12.1 Å². The summed E-state index contributed by atoms with van der Waals surface area (Å²) in [6, 6.07) is 4.05. The Morgan fingerprint density at radius 2 is 1.81 bits per heavy atom. The molecule has 0 aromatic heterocycles. The zero-order valence-corrected chi connectivity index (χ0v) is 14.4. The number of hydrogen-bond donors (Lipinski definition) is 1. The van der Waals surface area contributed by atoms with Gasteiger partial charge in [0, 0.05) is 7.05 Å². The zero-order valence-electron chi connectivity index (χ0n) is 13.6. The molecule has 0 saturated carbocycles. The van der Waals surface area contributed by atoms with Crippen LogP contribution in [0.5, 0.6) is 5.75 Å². The van der Waals surface area contributed by atoms with Gasteiger partial charge in [-0.1, -0.05) is 6.07 Å². The van der Waals surface area contributed by atoms with Crippen molar-refractivity contribution in [2.75, 3.05) is 20.7 Å². The van der Waals surface area contributed by atoms with Crippen LogP contribution in [-0.2, 0) is 11.0 Å². The number of ether oxygens (including phenoxy) is 1. The van der Waals surface area contributed by atoms with E-state index in [1.165, 1.54) is 13.1 Å². The molecule has 2 rings (SSSR count). The van der Waals surface area contributed by atoms with Crippen molar-refractivity contribution in [3.63, 3.8) is 0 Å². The number of benzene rings is 2.